The van der Waals surface area contributed by atoms with Gasteiger partial charge in [-0.25, -0.2) is 4.98 Å². The summed E-state index contributed by atoms with van der Waals surface area (Å²) in [6, 6.07) is 16.7. The second-order valence-corrected chi connectivity index (χ2v) is 10.5. The number of amides is 2. The number of furan rings is 1. The predicted octanol–water partition coefficient (Wildman–Crippen LogP) is 5.54. The molecule has 0 spiro atoms. The van der Waals surface area contributed by atoms with E-state index < -0.39 is 0 Å². The van der Waals surface area contributed by atoms with E-state index in [0.29, 0.717) is 27.7 Å². The Hall–Kier alpha value is -4.10. The first-order chi connectivity index (χ1) is 17.7. The van der Waals surface area contributed by atoms with Crippen molar-refractivity contribution in [3.63, 3.8) is 0 Å². The van der Waals surface area contributed by atoms with Crippen molar-refractivity contribution in [3.05, 3.63) is 88.8 Å². The van der Waals surface area contributed by atoms with Crippen LogP contribution in [0.3, 0.4) is 0 Å². The Morgan fingerprint density at radius 1 is 1.11 bits per heavy atom. The van der Waals surface area contributed by atoms with Gasteiger partial charge < -0.3 is 20.4 Å². The van der Waals surface area contributed by atoms with E-state index in [2.05, 4.69) is 24.1 Å². The number of nitrogens with two attached hydrogens (primary N) is 1. The number of likely N-dealkylation sites (tertiary alicyclic amines) is 1. The van der Waals surface area contributed by atoms with Crippen molar-refractivity contribution in [3.8, 4) is 11.1 Å². The summed E-state index contributed by atoms with van der Waals surface area (Å²) >= 11 is 6.53. The van der Waals surface area contributed by atoms with E-state index in [1.54, 1.807) is 24.4 Å². The number of rotatable bonds is 6. The van der Waals surface area contributed by atoms with E-state index in [-0.39, 0.29) is 23.8 Å². The van der Waals surface area contributed by atoms with Crippen LogP contribution in [0.1, 0.15) is 35.5 Å². The van der Waals surface area contributed by atoms with Crippen LogP contribution >= 0.6 is 11.6 Å². The van der Waals surface area contributed by atoms with E-state index in [1.165, 1.54) is 6.08 Å². The molecule has 7 nitrogen and oxygen atoms in total. The van der Waals surface area contributed by atoms with Gasteiger partial charge in [-0.2, -0.15) is 0 Å². The predicted molar refractivity (Wildman–Crippen MR) is 146 cm³/mol. The molecule has 5 rings (SSSR count). The Bertz CT molecular complexity index is 1500. The topological polar surface area (TPSA) is 101 Å². The van der Waals surface area contributed by atoms with Gasteiger partial charge in [0.25, 0.3) is 5.91 Å². The average Bonchev–Trinajstić information content (AvgIpc) is 3.29. The Morgan fingerprint density at radius 2 is 1.86 bits per heavy atom. The Labute approximate surface area is 219 Å². The number of carbonyl (C=O) groups excluding carboxylic acids is 2. The molecule has 0 bridgehead atoms. The van der Waals surface area contributed by atoms with E-state index in [1.807, 2.05) is 47.4 Å². The minimum absolute atomic E-state index is 0.0564. The van der Waals surface area contributed by atoms with E-state index >= 15 is 0 Å². The Kier molecular flexibility index (Phi) is 6.48. The summed E-state index contributed by atoms with van der Waals surface area (Å²) in [5, 5.41) is 4.11. The molecule has 2 amide bonds. The number of benzene rings is 2. The molecule has 2 aromatic carbocycles. The maximum atomic E-state index is 12.7. The van der Waals surface area contributed by atoms with Crippen LogP contribution in [0.5, 0.6) is 0 Å². The summed E-state index contributed by atoms with van der Waals surface area (Å²) in [7, 11) is 0. The maximum Gasteiger partial charge on any atom is 0.253 e. The normalized spacial score (nSPS) is 14.6. The van der Waals surface area contributed by atoms with Crippen LogP contribution in [0.4, 0.5) is 5.82 Å². The van der Waals surface area contributed by atoms with Crippen molar-refractivity contribution in [1.82, 2.24) is 15.2 Å². The molecule has 1 aliphatic heterocycles. The lowest BCUT2D eigenvalue weighted by molar-refractivity contribution is -0.116. The second-order valence-electron chi connectivity index (χ2n) is 10.1. The number of halogens is 1. The van der Waals surface area contributed by atoms with Crippen LogP contribution in [0, 0.1) is 5.41 Å². The highest BCUT2D eigenvalue weighted by molar-refractivity contribution is 6.35. The number of hydrogen-bond acceptors (Lipinski definition) is 5. The number of pyridine rings is 1. The molecular formula is C29H27ClN4O3. The first-order valence-corrected chi connectivity index (χ1v) is 12.3. The Morgan fingerprint density at radius 3 is 2.54 bits per heavy atom. The molecule has 0 unspecified atom stereocenters. The molecule has 0 aliphatic carbocycles. The fraction of sp³-hybridized carbons (Fsp3) is 0.207. The third-order valence-electron chi connectivity index (χ3n) is 6.29. The summed E-state index contributed by atoms with van der Waals surface area (Å²) < 4.78 is 5.88. The number of hydrogen-bond donors (Lipinski definition) is 2. The van der Waals surface area contributed by atoms with Crippen LogP contribution in [0.15, 0.2) is 71.3 Å². The molecule has 1 fully saturated rings. The Balaban J connectivity index is 1.25. The van der Waals surface area contributed by atoms with E-state index in [4.69, 9.17) is 21.8 Å². The summed E-state index contributed by atoms with van der Waals surface area (Å²) in [6.07, 6.45) is 4.68. The average molecular weight is 515 g/mol. The third-order valence-corrected chi connectivity index (χ3v) is 6.57. The molecule has 1 saturated heterocycles. The number of nitrogen functional groups attached to an aromatic ring is 1. The van der Waals surface area contributed by atoms with Gasteiger partial charge in [-0.3, -0.25) is 9.59 Å². The zero-order chi connectivity index (χ0) is 26.2. The SMILES string of the molecule is CC1(C)CN(C(=O)c2ccc(-c3cc(Cl)c4oc(CNC(=O)/C=C/c5ccc(N)nc5)cc4c3)cc2)C1. The van der Waals surface area contributed by atoms with Gasteiger partial charge in [0.15, 0.2) is 5.58 Å². The van der Waals surface area contributed by atoms with Crippen LogP contribution in [-0.4, -0.2) is 34.8 Å². The fourth-order valence-electron chi connectivity index (χ4n) is 4.46. The smallest absolute Gasteiger partial charge is 0.253 e. The standard InChI is InChI=1S/C29H27ClN4O3/c1-29(2)16-34(17-29)28(36)20-7-5-19(6-8-20)21-11-22-12-23(37-27(22)24(30)13-21)15-33-26(35)10-4-18-3-9-25(31)32-14-18/h3-14H,15-17H2,1-2H3,(H2,31,32)(H,33,35)/b10-4+. The largest absolute Gasteiger partial charge is 0.458 e. The molecule has 3 heterocycles. The zero-order valence-corrected chi connectivity index (χ0v) is 21.4. The summed E-state index contributed by atoms with van der Waals surface area (Å²) in [5.74, 6) is 0.802. The lowest BCUT2D eigenvalue weighted by atomic mass is 9.84. The van der Waals surface area contributed by atoms with Crippen LogP contribution in [0.2, 0.25) is 5.02 Å². The molecule has 4 aromatic rings. The van der Waals surface area contributed by atoms with Crippen molar-refractivity contribution in [2.45, 2.75) is 20.4 Å². The molecular weight excluding hydrogens is 488 g/mol. The molecule has 0 atom stereocenters. The van der Waals surface area contributed by atoms with Crippen LogP contribution < -0.4 is 11.1 Å². The van der Waals surface area contributed by atoms with Gasteiger partial charge in [-0.05, 0) is 70.6 Å². The van der Waals surface area contributed by atoms with Crippen molar-refractivity contribution in [1.29, 1.82) is 0 Å². The number of nitrogens with one attached hydrogen (secondary N) is 1. The summed E-state index contributed by atoms with van der Waals surface area (Å²) in [6.45, 7) is 6.09. The number of aromatic nitrogens is 1. The van der Waals surface area contributed by atoms with Gasteiger partial charge in [0, 0.05) is 36.3 Å². The van der Waals surface area contributed by atoms with Gasteiger partial charge in [0.2, 0.25) is 5.91 Å². The van der Waals surface area contributed by atoms with Crippen molar-refractivity contribution in [2.75, 3.05) is 18.8 Å². The molecule has 1 aliphatic rings. The fourth-order valence-corrected chi connectivity index (χ4v) is 4.72. The molecule has 0 radical (unpaired) electrons. The molecule has 37 heavy (non-hydrogen) atoms. The number of anilines is 1. The minimum atomic E-state index is -0.263. The number of fused-ring (bicyclic) bond motifs is 1. The first kappa shape index (κ1) is 24.6. The van der Waals surface area contributed by atoms with Crippen LogP contribution in [0.25, 0.3) is 28.2 Å². The van der Waals surface area contributed by atoms with Gasteiger partial charge in [-0.15, -0.1) is 0 Å². The van der Waals surface area contributed by atoms with Gasteiger partial charge in [0.1, 0.15) is 11.6 Å². The van der Waals surface area contributed by atoms with Crippen LogP contribution in [-0.2, 0) is 11.3 Å². The molecule has 188 valence electrons. The highest BCUT2D eigenvalue weighted by atomic mass is 35.5. The molecule has 2 aromatic heterocycles. The van der Waals surface area contributed by atoms with E-state index in [9.17, 15) is 9.59 Å². The van der Waals surface area contributed by atoms with Crippen molar-refractivity contribution < 1.29 is 14.0 Å². The third kappa shape index (κ3) is 5.52. The minimum Gasteiger partial charge on any atom is -0.458 e. The molecule has 8 heteroatoms. The highest BCUT2D eigenvalue weighted by Gasteiger charge is 2.37. The van der Waals surface area contributed by atoms with Crippen molar-refractivity contribution in [2.24, 2.45) is 5.41 Å². The summed E-state index contributed by atoms with van der Waals surface area (Å²) in [5.41, 5.74) is 9.64. The molecule has 0 saturated carbocycles. The van der Waals surface area contributed by atoms with Crippen molar-refractivity contribution >= 4 is 46.3 Å². The quantitative estimate of drug-likeness (QED) is 0.329. The molecule has 3 N–H and O–H groups in total. The van der Waals surface area contributed by atoms with Gasteiger partial charge in [0.05, 0.1) is 11.6 Å². The van der Waals surface area contributed by atoms with Gasteiger partial charge in [-0.1, -0.05) is 37.6 Å². The summed E-state index contributed by atoms with van der Waals surface area (Å²) in [4.78, 5) is 30.8. The second kappa shape index (κ2) is 9.75. The monoisotopic (exact) mass is 514 g/mol. The number of nitrogens with zero attached hydrogens (tertiary/aromatic N) is 2. The lowest BCUT2D eigenvalue weighted by Crippen LogP contribution is -2.55. The zero-order valence-electron chi connectivity index (χ0n) is 20.6. The number of carbonyl (C=O) groups is 2. The van der Waals surface area contributed by atoms with E-state index in [0.717, 1.165) is 35.2 Å². The van der Waals surface area contributed by atoms with Gasteiger partial charge >= 0.3 is 0 Å². The highest BCUT2D eigenvalue weighted by Crippen LogP contribution is 2.34. The maximum absolute atomic E-state index is 12.7. The lowest BCUT2D eigenvalue weighted by Gasteiger charge is -2.45. The first-order valence-electron chi connectivity index (χ1n) is 12.0.